The molecule has 3 amide bonds. The van der Waals surface area contributed by atoms with E-state index in [4.69, 9.17) is 4.74 Å². The van der Waals surface area contributed by atoms with E-state index in [1.54, 1.807) is 27.7 Å². The molecule has 1 aromatic heterocycles. The van der Waals surface area contributed by atoms with Crippen LogP contribution in [0.3, 0.4) is 0 Å². The summed E-state index contributed by atoms with van der Waals surface area (Å²) in [6.07, 6.45) is 0. The molecule has 2 heterocycles. The van der Waals surface area contributed by atoms with Gasteiger partial charge >= 0.3 is 12.0 Å². The standard InChI is InChI=1S/C25H31N3O5/c1-8-33-22(30)19-14(4)20(26-15(19)5)21(29)16(6)28-23(31)25(7,27-24(28)32)18-11-9-17(10-12-18)13(2)3/h9-13,16,26H,8H2,1-7H3,(H,27,32). The van der Waals surface area contributed by atoms with Gasteiger partial charge in [-0.3, -0.25) is 14.5 Å². The number of imide groups is 1. The van der Waals surface area contributed by atoms with Crippen LogP contribution < -0.4 is 5.32 Å². The van der Waals surface area contributed by atoms with Gasteiger partial charge in [0.15, 0.2) is 0 Å². The summed E-state index contributed by atoms with van der Waals surface area (Å²) in [5.41, 5.74) is 1.88. The molecule has 1 aliphatic rings. The number of amides is 3. The first-order valence-electron chi connectivity index (χ1n) is 11.1. The van der Waals surface area contributed by atoms with E-state index in [2.05, 4.69) is 24.1 Å². The molecule has 0 bridgehead atoms. The lowest BCUT2D eigenvalue weighted by molar-refractivity contribution is -0.131. The zero-order valence-electron chi connectivity index (χ0n) is 20.2. The van der Waals surface area contributed by atoms with E-state index in [-0.39, 0.29) is 12.3 Å². The first-order chi connectivity index (χ1) is 15.4. The van der Waals surface area contributed by atoms with Gasteiger partial charge in [0.1, 0.15) is 11.6 Å². The highest BCUT2D eigenvalue weighted by molar-refractivity contribution is 6.13. The lowest BCUT2D eigenvalue weighted by atomic mass is 9.89. The Bertz CT molecular complexity index is 1120. The Kier molecular flexibility index (Phi) is 6.49. The number of H-pyrrole nitrogens is 1. The lowest BCUT2D eigenvalue weighted by Gasteiger charge is -2.24. The third kappa shape index (κ3) is 4.05. The predicted octanol–water partition coefficient (Wildman–Crippen LogP) is 3.97. The van der Waals surface area contributed by atoms with E-state index in [0.717, 1.165) is 10.5 Å². The summed E-state index contributed by atoms with van der Waals surface area (Å²) in [5, 5.41) is 2.75. The number of carbonyl (C=O) groups excluding carboxylic acids is 4. The smallest absolute Gasteiger partial charge is 0.340 e. The van der Waals surface area contributed by atoms with Crippen molar-refractivity contribution >= 4 is 23.7 Å². The number of ether oxygens (including phenoxy) is 1. The Hall–Kier alpha value is -3.42. The number of benzene rings is 1. The van der Waals surface area contributed by atoms with Gasteiger partial charge in [-0.05, 0) is 57.2 Å². The van der Waals surface area contributed by atoms with Crippen molar-refractivity contribution in [3.8, 4) is 0 Å². The molecule has 8 nitrogen and oxygen atoms in total. The van der Waals surface area contributed by atoms with Gasteiger partial charge in [0.25, 0.3) is 5.91 Å². The van der Waals surface area contributed by atoms with Gasteiger partial charge in [0.2, 0.25) is 5.78 Å². The van der Waals surface area contributed by atoms with Crippen LogP contribution in [-0.2, 0) is 15.1 Å². The highest BCUT2D eigenvalue weighted by Gasteiger charge is 2.52. The quantitative estimate of drug-likeness (QED) is 0.375. The number of rotatable bonds is 7. The van der Waals surface area contributed by atoms with E-state index < -0.39 is 35.3 Å². The summed E-state index contributed by atoms with van der Waals surface area (Å²) in [6, 6.07) is 5.82. The maximum Gasteiger partial charge on any atom is 0.340 e. The van der Waals surface area contributed by atoms with Crippen molar-refractivity contribution in [3.05, 3.63) is 57.9 Å². The molecule has 2 N–H and O–H groups in total. The maximum absolute atomic E-state index is 13.4. The summed E-state index contributed by atoms with van der Waals surface area (Å²) in [6.45, 7) is 12.5. The predicted molar refractivity (Wildman–Crippen MR) is 123 cm³/mol. The van der Waals surface area contributed by atoms with Crippen LogP contribution in [-0.4, -0.2) is 46.2 Å². The Morgan fingerprint density at radius 3 is 2.24 bits per heavy atom. The number of hydrogen-bond donors (Lipinski definition) is 2. The summed E-state index contributed by atoms with van der Waals surface area (Å²) in [5.74, 6) is -1.16. The second-order valence-electron chi connectivity index (χ2n) is 8.89. The van der Waals surface area contributed by atoms with E-state index in [0.29, 0.717) is 28.3 Å². The zero-order valence-corrected chi connectivity index (χ0v) is 20.2. The second kappa shape index (κ2) is 8.84. The zero-order chi connectivity index (χ0) is 24.7. The molecule has 2 atom stereocenters. The Morgan fingerprint density at radius 1 is 1.09 bits per heavy atom. The lowest BCUT2D eigenvalue weighted by Crippen LogP contribution is -2.45. The first-order valence-corrected chi connectivity index (χ1v) is 11.1. The number of aryl methyl sites for hydroxylation is 1. The molecule has 0 aliphatic carbocycles. The molecule has 0 saturated carbocycles. The van der Waals surface area contributed by atoms with E-state index in [1.807, 2.05) is 24.3 Å². The molecule has 2 unspecified atom stereocenters. The minimum atomic E-state index is -1.28. The van der Waals surface area contributed by atoms with Crippen molar-refractivity contribution in [2.24, 2.45) is 0 Å². The summed E-state index contributed by atoms with van der Waals surface area (Å²) in [7, 11) is 0. The number of ketones is 1. The van der Waals surface area contributed by atoms with E-state index in [1.165, 1.54) is 6.92 Å². The number of aromatic nitrogens is 1. The minimum Gasteiger partial charge on any atom is -0.462 e. The van der Waals surface area contributed by atoms with Gasteiger partial charge in [-0.1, -0.05) is 38.1 Å². The molecule has 2 aromatic rings. The van der Waals surface area contributed by atoms with Crippen molar-refractivity contribution < 1.29 is 23.9 Å². The van der Waals surface area contributed by atoms with Crippen LogP contribution >= 0.6 is 0 Å². The van der Waals surface area contributed by atoms with Crippen molar-refractivity contribution in [2.75, 3.05) is 6.61 Å². The van der Waals surface area contributed by atoms with Crippen LogP contribution in [0.1, 0.15) is 83.8 Å². The molecular formula is C25H31N3O5. The highest BCUT2D eigenvalue weighted by Crippen LogP contribution is 2.32. The summed E-state index contributed by atoms with van der Waals surface area (Å²) < 4.78 is 5.08. The average Bonchev–Trinajstić information content (AvgIpc) is 3.19. The monoisotopic (exact) mass is 453 g/mol. The molecule has 1 aliphatic heterocycles. The van der Waals surface area contributed by atoms with Gasteiger partial charge in [0.05, 0.1) is 17.9 Å². The van der Waals surface area contributed by atoms with Crippen molar-refractivity contribution in [3.63, 3.8) is 0 Å². The number of hydrogen-bond acceptors (Lipinski definition) is 5. The number of nitrogens with zero attached hydrogens (tertiary/aromatic N) is 1. The highest BCUT2D eigenvalue weighted by atomic mass is 16.5. The first kappa shape index (κ1) is 24.2. The van der Waals surface area contributed by atoms with E-state index >= 15 is 0 Å². The second-order valence-corrected chi connectivity index (χ2v) is 8.89. The average molecular weight is 454 g/mol. The molecule has 3 rings (SSSR count). The maximum atomic E-state index is 13.4. The SMILES string of the molecule is CCOC(=O)c1c(C)[nH]c(C(=O)C(C)N2C(=O)NC(C)(c3ccc(C(C)C)cc3)C2=O)c1C. The Balaban J connectivity index is 1.90. The molecule has 1 fully saturated rings. The van der Waals surface area contributed by atoms with Gasteiger partial charge in [-0.25, -0.2) is 9.59 Å². The van der Waals surface area contributed by atoms with Crippen LogP contribution in [0.5, 0.6) is 0 Å². The van der Waals surface area contributed by atoms with E-state index in [9.17, 15) is 19.2 Å². The largest absolute Gasteiger partial charge is 0.462 e. The Morgan fingerprint density at radius 2 is 1.70 bits per heavy atom. The third-order valence-electron chi connectivity index (χ3n) is 6.31. The fourth-order valence-electron chi connectivity index (χ4n) is 4.24. The van der Waals surface area contributed by atoms with Gasteiger partial charge < -0.3 is 15.0 Å². The van der Waals surface area contributed by atoms with Gasteiger partial charge in [-0.15, -0.1) is 0 Å². The third-order valence-corrected chi connectivity index (χ3v) is 6.31. The summed E-state index contributed by atoms with van der Waals surface area (Å²) in [4.78, 5) is 55.7. The number of carbonyl (C=O) groups is 4. The summed E-state index contributed by atoms with van der Waals surface area (Å²) >= 11 is 0. The molecule has 1 saturated heterocycles. The molecular weight excluding hydrogens is 422 g/mol. The number of urea groups is 1. The number of Topliss-reactive ketones (excluding diaryl/α,β-unsaturated/α-hetero) is 1. The fraction of sp³-hybridized carbons (Fsp3) is 0.440. The van der Waals surface area contributed by atoms with Crippen LogP contribution in [0.2, 0.25) is 0 Å². The molecule has 33 heavy (non-hydrogen) atoms. The normalized spacial score (nSPS) is 19.1. The van der Waals surface area contributed by atoms with Crippen LogP contribution in [0.25, 0.3) is 0 Å². The number of esters is 1. The minimum absolute atomic E-state index is 0.179. The van der Waals surface area contributed by atoms with Crippen molar-refractivity contribution in [1.29, 1.82) is 0 Å². The molecule has 0 radical (unpaired) electrons. The molecule has 0 spiro atoms. The van der Waals surface area contributed by atoms with Gasteiger partial charge in [0, 0.05) is 5.69 Å². The topological polar surface area (TPSA) is 109 Å². The van der Waals surface area contributed by atoms with Crippen LogP contribution in [0, 0.1) is 13.8 Å². The van der Waals surface area contributed by atoms with Crippen molar-refractivity contribution in [1.82, 2.24) is 15.2 Å². The Labute approximate surface area is 193 Å². The fourth-order valence-corrected chi connectivity index (χ4v) is 4.24. The molecule has 8 heteroatoms. The molecule has 1 aromatic carbocycles. The number of nitrogens with one attached hydrogen (secondary N) is 2. The van der Waals surface area contributed by atoms with Crippen LogP contribution in [0.15, 0.2) is 24.3 Å². The van der Waals surface area contributed by atoms with Crippen molar-refractivity contribution in [2.45, 2.75) is 66.0 Å². The van der Waals surface area contributed by atoms with Gasteiger partial charge in [-0.2, -0.15) is 0 Å². The van der Waals surface area contributed by atoms with Crippen LogP contribution in [0.4, 0.5) is 4.79 Å². The molecule has 176 valence electrons. The number of aromatic amines is 1.